The maximum Gasteiger partial charge on any atom is 0.239 e. The summed E-state index contributed by atoms with van der Waals surface area (Å²) in [7, 11) is 3.16. The molecule has 0 radical (unpaired) electrons. The minimum absolute atomic E-state index is 0.206. The smallest absolute Gasteiger partial charge is 0.239 e. The summed E-state index contributed by atoms with van der Waals surface area (Å²) in [6.45, 7) is 4.83. The number of carbonyl (C=O) groups is 1. The lowest BCUT2D eigenvalue weighted by Gasteiger charge is -2.26. The number of hydrogen-bond donors (Lipinski definition) is 2. The topological polar surface area (TPSA) is 73.6 Å². The van der Waals surface area contributed by atoms with Gasteiger partial charge >= 0.3 is 0 Å². The highest BCUT2D eigenvalue weighted by molar-refractivity contribution is 5.81. The molecule has 1 amide bonds. The van der Waals surface area contributed by atoms with E-state index in [1.807, 2.05) is 24.3 Å². The maximum absolute atomic E-state index is 11.8. The van der Waals surface area contributed by atoms with Crippen LogP contribution in [0, 0.1) is 0 Å². The highest BCUT2D eigenvalue weighted by Crippen LogP contribution is 2.25. The highest BCUT2D eigenvalue weighted by atomic mass is 16.5. The molecule has 1 rings (SSSR count). The van der Waals surface area contributed by atoms with Crippen molar-refractivity contribution in [3.05, 3.63) is 29.8 Å². The summed E-state index contributed by atoms with van der Waals surface area (Å²) >= 11 is 0. The summed E-state index contributed by atoms with van der Waals surface area (Å²) in [5, 5.41) is 2.86. The Kier molecular flexibility index (Phi) is 5.98. The van der Waals surface area contributed by atoms with Gasteiger partial charge in [-0.05, 0) is 17.7 Å². The molecule has 0 bridgehead atoms. The van der Waals surface area contributed by atoms with Gasteiger partial charge in [-0.3, -0.25) is 4.79 Å². The molecule has 0 heterocycles. The number of nitrogens with two attached hydrogens (primary N) is 1. The van der Waals surface area contributed by atoms with Crippen molar-refractivity contribution in [2.24, 2.45) is 5.73 Å². The van der Waals surface area contributed by atoms with Crippen LogP contribution in [0.5, 0.6) is 5.75 Å². The van der Waals surface area contributed by atoms with Crippen molar-refractivity contribution in [1.29, 1.82) is 0 Å². The van der Waals surface area contributed by atoms with Crippen molar-refractivity contribution < 1.29 is 14.3 Å². The van der Waals surface area contributed by atoms with Gasteiger partial charge in [0.15, 0.2) is 0 Å². The molecule has 1 unspecified atom stereocenters. The van der Waals surface area contributed by atoms with Crippen LogP contribution in [0.25, 0.3) is 0 Å². The number of methoxy groups -OCH3 is 2. The predicted octanol–water partition coefficient (Wildman–Crippen LogP) is 1.06. The molecule has 3 N–H and O–H groups in total. The van der Waals surface area contributed by atoms with E-state index in [0.29, 0.717) is 6.54 Å². The number of nitrogens with one attached hydrogen (secondary N) is 1. The third kappa shape index (κ3) is 4.51. The summed E-state index contributed by atoms with van der Waals surface area (Å²) in [4.78, 5) is 11.8. The average molecular weight is 280 g/mol. The Hall–Kier alpha value is -1.59. The number of amides is 1. The van der Waals surface area contributed by atoms with Crippen LogP contribution in [-0.2, 0) is 14.9 Å². The van der Waals surface area contributed by atoms with E-state index >= 15 is 0 Å². The van der Waals surface area contributed by atoms with Crippen LogP contribution in [0.15, 0.2) is 24.3 Å². The molecule has 0 aliphatic carbocycles. The number of ether oxygens (including phenoxy) is 2. The van der Waals surface area contributed by atoms with Crippen molar-refractivity contribution in [2.45, 2.75) is 25.3 Å². The lowest BCUT2D eigenvalue weighted by Crippen LogP contribution is -2.47. The quantitative estimate of drug-likeness (QED) is 0.783. The molecule has 5 heteroatoms. The minimum Gasteiger partial charge on any atom is -0.497 e. The summed E-state index contributed by atoms with van der Waals surface area (Å²) in [5.74, 6) is 0.598. The van der Waals surface area contributed by atoms with Gasteiger partial charge in [0, 0.05) is 19.1 Å². The summed E-state index contributed by atoms with van der Waals surface area (Å²) < 4.78 is 10.1. The van der Waals surface area contributed by atoms with E-state index < -0.39 is 6.04 Å². The first kappa shape index (κ1) is 16.5. The average Bonchev–Trinajstić information content (AvgIpc) is 2.45. The number of carbonyl (C=O) groups excluding carboxylic acids is 1. The van der Waals surface area contributed by atoms with Crippen LogP contribution >= 0.6 is 0 Å². The van der Waals surface area contributed by atoms with E-state index in [0.717, 1.165) is 11.3 Å². The minimum atomic E-state index is -0.638. The normalized spacial score (nSPS) is 12.8. The third-order valence-electron chi connectivity index (χ3n) is 3.24. The molecule has 0 spiro atoms. The van der Waals surface area contributed by atoms with Gasteiger partial charge in [0.25, 0.3) is 0 Å². The van der Waals surface area contributed by atoms with Crippen molar-refractivity contribution in [3.8, 4) is 5.75 Å². The fraction of sp³-hybridized carbons (Fsp3) is 0.533. The highest BCUT2D eigenvalue weighted by Gasteiger charge is 2.23. The van der Waals surface area contributed by atoms with E-state index in [4.69, 9.17) is 15.2 Å². The van der Waals surface area contributed by atoms with Crippen molar-refractivity contribution in [2.75, 3.05) is 27.4 Å². The monoisotopic (exact) mass is 280 g/mol. The molecule has 0 saturated heterocycles. The zero-order valence-corrected chi connectivity index (χ0v) is 12.6. The van der Waals surface area contributed by atoms with E-state index in [1.54, 1.807) is 7.11 Å². The molecule has 20 heavy (non-hydrogen) atoms. The van der Waals surface area contributed by atoms with Crippen molar-refractivity contribution >= 4 is 5.91 Å². The summed E-state index contributed by atoms with van der Waals surface area (Å²) in [6.07, 6.45) is 0. The van der Waals surface area contributed by atoms with Gasteiger partial charge in [-0.1, -0.05) is 26.0 Å². The van der Waals surface area contributed by atoms with Gasteiger partial charge in [0.05, 0.1) is 13.7 Å². The second kappa shape index (κ2) is 7.26. The molecule has 0 fully saturated rings. The van der Waals surface area contributed by atoms with Crippen LogP contribution in [0.4, 0.5) is 0 Å². The molecule has 0 aromatic heterocycles. The van der Waals surface area contributed by atoms with E-state index in [-0.39, 0.29) is 17.9 Å². The second-order valence-electron chi connectivity index (χ2n) is 5.40. The Morgan fingerprint density at radius 2 is 2.10 bits per heavy atom. The van der Waals surface area contributed by atoms with Gasteiger partial charge in [-0.15, -0.1) is 0 Å². The SMILES string of the molecule is COCC(N)C(=O)NCC(C)(C)c1cccc(OC)c1. The molecular weight excluding hydrogens is 256 g/mol. The van der Waals surface area contributed by atoms with Crippen molar-refractivity contribution in [3.63, 3.8) is 0 Å². The molecule has 1 aromatic rings. The Morgan fingerprint density at radius 3 is 2.70 bits per heavy atom. The Labute approximate surface area is 120 Å². The van der Waals surface area contributed by atoms with Crippen LogP contribution in [0.1, 0.15) is 19.4 Å². The van der Waals surface area contributed by atoms with Gasteiger partial charge in [0.2, 0.25) is 5.91 Å². The van der Waals surface area contributed by atoms with Crippen LogP contribution in [-0.4, -0.2) is 39.3 Å². The lowest BCUT2D eigenvalue weighted by atomic mass is 9.84. The van der Waals surface area contributed by atoms with E-state index in [9.17, 15) is 4.79 Å². The molecule has 1 atom stereocenters. The Bertz CT molecular complexity index is 446. The second-order valence-corrected chi connectivity index (χ2v) is 5.40. The Morgan fingerprint density at radius 1 is 1.40 bits per heavy atom. The fourth-order valence-corrected chi connectivity index (χ4v) is 1.84. The van der Waals surface area contributed by atoms with Crippen molar-refractivity contribution in [1.82, 2.24) is 5.32 Å². The number of rotatable bonds is 7. The standard InChI is InChI=1S/C15H24N2O3/c1-15(2,10-17-14(18)13(16)9-19-3)11-6-5-7-12(8-11)20-4/h5-8,13H,9-10,16H2,1-4H3,(H,17,18). The number of hydrogen-bond acceptors (Lipinski definition) is 4. The van der Waals surface area contributed by atoms with Gasteiger partial charge in [-0.2, -0.15) is 0 Å². The summed E-state index contributed by atoms with van der Waals surface area (Å²) in [5.41, 5.74) is 6.57. The predicted molar refractivity (Wildman–Crippen MR) is 78.9 cm³/mol. The van der Waals surface area contributed by atoms with Gasteiger partial charge in [0.1, 0.15) is 11.8 Å². The van der Waals surface area contributed by atoms with Gasteiger partial charge in [-0.25, -0.2) is 0 Å². The van der Waals surface area contributed by atoms with Gasteiger partial charge < -0.3 is 20.5 Å². The van der Waals surface area contributed by atoms with Crippen LogP contribution in [0.2, 0.25) is 0 Å². The maximum atomic E-state index is 11.8. The first-order valence-electron chi connectivity index (χ1n) is 6.57. The van der Waals surface area contributed by atoms with Crippen LogP contribution < -0.4 is 15.8 Å². The molecule has 5 nitrogen and oxygen atoms in total. The largest absolute Gasteiger partial charge is 0.497 e. The molecule has 0 saturated carbocycles. The number of benzene rings is 1. The third-order valence-corrected chi connectivity index (χ3v) is 3.24. The molecule has 0 aliphatic heterocycles. The van der Waals surface area contributed by atoms with Crippen LogP contribution in [0.3, 0.4) is 0 Å². The van der Waals surface area contributed by atoms with E-state index in [2.05, 4.69) is 19.2 Å². The first-order chi connectivity index (χ1) is 9.40. The molecule has 0 aliphatic rings. The van der Waals surface area contributed by atoms with E-state index in [1.165, 1.54) is 7.11 Å². The molecule has 1 aromatic carbocycles. The Balaban J connectivity index is 2.67. The molecular formula is C15H24N2O3. The zero-order chi connectivity index (χ0) is 15.2. The molecule has 112 valence electrons. The fourth-order valence-electron chi connectivity index (χ4n) is 1.84. The lowest BCUT2D eigenvalue weighted by molar-refractivity contribution is -0.123. The zero-order valence-electron chi connectivity index (χ0n) is 12.6. The first-order valence-corrected chi connectivity index (χ1v) is 6.57. The summed E-state index contributed by atoms with van der Waals surface area (Å²) in [6, 6.07) is 7.19.